The highest BCUT2D eigenvalue weighted by molar-refractivity contribution is 7.71. The van der Waals surface area contributed by atoms with Gasteiger partial charge in [-0.05, 0) is 36.8 Å². The first-order valence-electron chi connectivity index (χ1n) is 6.07. The second kappa shape index (κ2) is 5.05. The zero-order valence-electron chi connectivity index (χ0n) is 11.2. The Bertz CT molecular complexity index is 683. The number of aromatic nitrogens is 3. The van der Waals surface area contributed by atoms with Crippen LogP contribution in [0.25, 0.3) is 5.69 Å². The number of halogens is 3. The molecule has 0 aliphatic rings. The molecular formula is C13H14F3N3S. The lowest BCUT2D eigenvalue weighted by Crippen LogP contribution is -2.09. The average Bonchev–Trinajstić information content (AvgIpc) is 2.70. The Balaban J connectivity index is 2.70. The van der Waals surface area contributed by atoms with Crippen LogP contribution in [-0.4, -0.2) is 14.8 Å². The molecular weight excluding hydrogens is 287 g/mol. The van der Waals surface area contributed by atoms with Gasteiger partial charge >= 0.3 is 6.18 Å². The molecule has 0 bridgehead atoms. The van der Waals surface area contributed by atoms with Gasteiger partial charge in [-0.15, -0.1) is 0 Å². The number of alkyl halides is 3. The van der Waals surface area contributed by atoms with Crippen LogP contribution in [-0.2, 0) is 6.18 Å². The Labute approximate surface area is 119 Å². The van der Waals surface area contributed by atoms with E-state index in [0.717, 1.165) is 12.1 Å². The zero-order chi connectivity index (χ0) is 15.1. The van der Waals surface area contributed by atoms with E-state index >= 15 is 0 Å². The van der Waals surface area contributed by atoms with E-state index in [4.69, 9.17) is 12.2 Å². The largest absolute Gasteiger partial charge is 0.416 e. The Morgan fingerprint density at radius 3 is 2.50 bits per heavy atom. The van der Waals surface area contributed by atoms with Gasteiger partial charge in [0.2, 0.25) is 0 Å². The molecule has 0 unspecified atom stereocenters. The van der Waals surface area contributed by atoms with E-state index in [1.165, 1.54) is 6.07 Å². The van der Waals surface area contributed by atoms with Gasteiger partial charge < -0.3 is 0 Å². The van der Waals surface area contributed by atoms with Crippen LogP contribution in [0.3, 0.4) is 0 Å². The van der Waals surface area contributed by atoms with Crippen LogP contribution in [0.1, 0.15) is 36.7 Å². The fourth-order valence-corrected chi connectivity index (χ4v) is 2.19. The third-order valence-corrected chi connectivity index (χ3v) is 3.27. The quantitative estimate of drug-likeness (QED) is 0.835. The van der Waals surface area contributed by atoms with E-state index in [9.17, 15) is 13.2 Å². The molecule has 3 nitrogen and oxygen atoms in total. The van der Waals surface area contributed by atoms with Crippen molar-refractivity contribution in [2.45, 2.75) is 32.9 Å². The fraction of sp³-hybridized carbons (Fsp3) is 0.385. The van der Waals surface area contributed by atoms with Crippen LogP contribution in [0, 0.1) is 11.7 Å². The molecule has 20 heavy (non-hydrogen) atoms. The van der Waals surface area contributed by atoms with E-state index in [2.05, 4.69) is 10.2 Å². The monoisotopic (exact) mass is 301 g/mol. The summed E-state index contributed by atoms with van der Waals surface area (Å²) in [5.41, 5.74) is 0.413. The average molecular weight is 301 g/mol. The summed E-state index contributed by atoms with van der Waals surface area (Å²) in [5, 5.41) is 6.73. The minimum absolute atomic E-state index is 0.0388. The van der Waals surface area contributed by atoms with Crippen molar-refractivity contribution < 1.29 is 13.2 Å². The molecule has 0 fully saturated rings. The molecule has 0 saturated heterocycles. The molecule has 1 aromatic carbocycles. The topological polar surface area (TPSA) is 33.6 Å². The Morgan fingerprint density at radius 1 is 1.30 bits per heavy atom. The SMILES string of the molecule is Cc1ccc(C(F)(F)F)cc1-n1c(C(C)C)n[nH]c1=S. The molecule has 0 saturated carbocycles. The van der Waals surface area contributed by atoms with Crippen LogP contribution in [0.2, 0.25) is 0 Å². The summed E-state index contributed by atoms with van der Waals surface area (Å²) in [6.07, 6.45) is -4.38. The fourth-order valence-electron chi connectivity index (χ4n) is 1.96. The Kier molecular flexibility index (Phi) is 3.73. The number of aryl methyl sites for hydroxylation is 1. The summed E-state index contributed by atoms with van der Waals surface area (Å²) in [5.74, 6) is 0.648. The minimum Gasteiger partial charge on any atom is -0.272 e. The Morgan fingerprint density at radius 2 is 1.95 bits per heavy atom. The molecule has 0 aliphatic carbocycles. The zero-order valence-corrected chi connectivity index (χ0v) is 12.1. The normalized spacial score (nSPS) is 12.2. The maximum atomic E-state index is 12.8. The third kappa shape index (κ3) is 2.63. The number of benzene rings is 1. The first kappa shape index (κ1) is 14.8. The van der Waals surface area contributed by atoms with Crippen molar-refractivity contribution in [3.8, 4) is 5.69 Å². The van der Waals surface area contributed by atoms with E-state index in [1.54, 1.807) is 11.5 Å². The number of nitrogens with zero attached hydrogens (tertiary/aromatic N) is 2. The standard InChI is InChI=1S/C13H14F3N3S/c1-7(2)11-17-18-12(20)19(11)10-6-9(13(14,15)16)5-4-8(10)3/h4-7H,1-3H3,(H,18,20). The highest BCUT2D eigenvalue weighted by Crippen LogP contribution is 2.32. The van der Waals surface area contributed by atoms with Crippen LogP contribution >= 0.6 is 12.2 Å². The van der Waals surface area contributed by atoms with Crippen molar-refractivity contribution in [2.24, 2.45) is 0 Å². The predicted octanol–water partition coefficient (Wildman–Crippen LogP) is 4.38. The van der Waals surface area contributed by atoms with Crippen LogP contribution in [0.5, 0.6) is 0 Å². The second-order valence-electron chi connectivity index (χ2n) is 4.88. The second-order valence-corrected chi connectivity index (χ2v) is 5.26. The Hall–Kier alpha value is -1.63. The van der Waals surface area contributed by atoms with Gasteiger partial charge in [0.25, 0.3) is 0 Å². The maximum Gasteiger partial charge on any atom is 0.416 e. The lowest BCUT2D eigenvalue weighted by molar-refractivity contribution is -0.137. The molecule has 108 valence electrons. The van der Waals surface area contributed by atoms with Crippen molar-refractivity contribution >= 4 is 12.2 Å². The summed E-state index contributed by atoms with van der Waals surface area (Å²) < 4.78 is 40.4. The lowest BCUT2D eigenvalue weighted by Gasteiger charge is -2.14. The summed E-state index contributed by atoms with van der Waals surface area (Å²) in [4.78, 5) is 0. The van der Waals surface area contributed by atoms with E-state index in [1.807, 2.05) is 13.8 Å². The smallest absolute Gasteiger partial charge is 0.272 e. The third-order valence-electron chi connectivity index (χ3n) is 2.99. The molecule has 0 amide bonds. The summed E-state index contributed by atoms with van der Waals surface area (Å²) >= 11 is 5.13. The van der Waals surface area contributed by atoms with Crippen molar-refractivity contribution in [2.75, 3.05) is 0 Å². The molecule has 0 radical (unpaired) electrons. The van der Waals surface area contributed by atoms with Crippen molar-refractivity contribution in [1.82, 2.24) is 14.8 Å². The van der Waals surface area contributed by atoms with Crippen LogP contribution < -0.4 is 0 Å². The summed E-state index contributed by atoms with van der Waals surface area (Å²) in [6, 6.07) is 3.61. The number of aromatic amines is 1. The molecule has 2 rings (SSSR count). The van der Waals surface area contributed by atoms with Crippen molar-refractivity contribution in [1.29, 1.82) is 0 Å². The van der Waals surface area contributed by atoms with Gasteiger partial charge in [0.15, 0.2) is 4.77 Å². The minimum atomic E-state index is -4.38. The maximum absolute atomic E-state index is 12.8. The number of hydrogen-bond acceptors (Lipinski definition) is 2. The van der Waals surface area contributed by atoms with Gasteiger partial charge in [0, 0.05) is 5.92 Å². The molecule has 1 N–H and O–H groups in total. The van der Waals surface area contributed by atoms with Gasteiger partial charge in [-0.2, -0.15) is 18.3 Å². The summed E-state index contributed by atoms with van der Waals surface area (Å²) in [7, 11) is 0. The van der Waals surface area contributed by atoms with Crippen LogP contribution in [0.15, 0.2) is 18.2 Å². The number of rotatable bonds is 2. The number of hydrogen-bond donors (Lipinski definition) is 1. The van der Waals surface area contributed by atoms with Gasteiger partial charge in [0.1, 0.15) is 5.82 Å². The molecule has 2 aromatic rings. The first-order chi connectivity index (χ1) is 9.21. The molecule has 0 aliphatic heterocycles. The number of H-pyrrole nitrogens is 1. The van der Waals surface area contributed by atoms with Gasteiger partial charge in [-0.3, -0.25) is 9.67 Å². The van der Waals surface area contributed by atoms with Gasteiger partial charge in [-0.25, -0.2) is 0 Å². The van der Waals surface area contributed by atoms with Crippen molar-refractivity contribution in [3.05, 3.63) is 39.9 Å². The van der Waals surface area contributed by atoms with Crippen LogP contribution in [0.4, 0.5) is 13.2 Å². The van der Waals surface area contributed by atoms with E-state index in [0.29, 0.717) is 17.1 Å². The number of nitrogens with one attached hydrogen (secondary N) is 1. The van der Waals surface area contributed by atoms with E-state index in [-0.39, 0.29) is 10.7 Å². The summed E-state index contributed by atoms with van der Waals surface area (Å²) in [6.45, 7) is 5.56. The highest BCUT2D eigenvalue weighted by atomic mass is 32.1. The first-order valence-corrected chi connectivity index (χ1v) is 6.48. The molecule has 1 aromatic heterocycles. The highest BCUT2D eigenvalue weighted by Gasteiger charge is 2.31. The molecule has 1 heterocycles. The van der Waals surface area contributed by atoms with E-state index < -0.39 is 11.7 Å². The van der Waals surface area contributed by atoms with Gasteiger partial charge in [0.05, 0.1) is 11.3 Å². The molecule has 0 spiro atoms. The van der Waals surface area contributed by atoms with Crippen molar-refractivity contribution in [3.63, 3.8) is 0 Å². The predicted molar refractivity (Wildman–Crippen MR) is 72.6 cm³/mol. The molecule has 0 atom stereocenters. The lowest BCUT2D eigenvalue weighted by atomic mass is 10.1. The molecule has 7 heteroatoms. The van der Waals surface area contributed by atoms with Gasteiger partial charge in [-0.1, -0.05) is 19.9 Å².